The third kappa shape index (κ3) is 3.15. The van der Waals surface area contributed by atoms with E-state index in [1.807, 2.05) is 20.8 Å². The summed E-state index contributed by atoms with van der Waals surface area (Å²) in [7, 11) is 0. The van der Waals surface area contributed by atoms with E-state index in [-0.39, 0.29) is 18.6 Å². The molecule has 4 aliphatic carbocycles. The summed E-state index contributed by atoms with van der Waals surface area (Å²) in [4.78, 5) is 38.0. The smallest absolute Gasteiger partial charge is 0.306 e. The van der Waals surface area contributed by atoms with Gasteiger partial charge in [-0.3, -0.25) is 14.4 Å². The molecule has 0 spiro atoms. The molecule has 7 heteroatoms. The molecule has 0 aromatic rings. The zero-order valence-corrected chi connectivity index (χ0v) is 20.6. The number of carbonyl (C=O) groups is 3. The van der Waals surface area contributed by atoms with Crippen LogP contribution in [0.25, 0.3) is 0 Å². The van der Waals surface area contributed by atoms with Crippen LogP contribution in [-0.4, -0.2) is 51.7 Å². The average molecular weight is 477 g/mol. The van der Waals surface area contributed by atoms with Gasteiger partial charge in [-0.05, 0) is 56.6 Å². The van der Waals surface area contributed by atoms with Crippen LogP contribution in [0, 0.1) is 28.6 Å². The van der Waals surface area contributed by atoms with Gasteiger partial charge in [-0.15, -0.1) is 0 Å². The monoisotopic (exact) mass is 476 g/mol. The molecular weight excluding hydrogens is 439 g/mol. The lowest BCUT2D eigenvalue weighted by atomic mass is 9.44. The zero-order valence-electron chi connectivity index (χ0n) is 20.6. The fourth-order valence-electron chi connectivity index (χ4n) is 8.08. The second-order valence-corrected chi connectivity index (χ2v) is 11.3. The van der Waals surface area contributed by atoms with E-state index in [0.717, 1.165) is 6.42 Å². The van der Waals surface area contributed by atoms with Crippen LogP contribution in [0.15, 0.2) is 23.8 Å². The Morgan fingerprint density at radius 3 is 2.62 bits per heavy atom. The van der Waals surface area contributed by atoms with Gasteiger partial charge in [0.05, 0.1) is 6.10 Å². The molecule has 0 saturated heterocycles. The molecule has 3 fully saturated rings. The number of unbranched alkanes of at least 4 members (excludes halogenated alkanes) is 1. The lowest BCUT2D eigenvalue weighted by Crippen LogP contribution is -2.69. The third-order valence-corrected chi connectivity index (χ3v) is 9.70. The van der Waals surface area contributed by atoms with E-state index in [0.29, 0.717) is 31.3 Å². The predicted molar refractivity (Wildman–Crippen MR) is 123 cm³/mol. The zero-order chi connectivity index (χ0) is 25.1. The Kier molecular flexibility index (Phi) is 6.21. The predicted octanol–water partition coefficient (Wildman–Crippen LogP) is 3.64. The number of ether oxygens (including phenoxy) is 1. The number of hydrogen-bond donors (Lipinski definition) is 2. The Labute approximate surface area is 200 Å². The second kappa shape index (κ2) is 8.37. The lowest BCUT2D eigenvalue weighted by Gasteiger charge is -2.63. The van der Waals surface area contributed by atoms with Crippen molar-refractivity contribution in [3.05, 3.63) is 23.8 Å². The van der Waals surface area contributed by atoms with E-state index in [1.54, 1.807) is 13.0 Å². The van der Waals surface area contributed by atoms with Gasteiger partial charge in [0.2, 0.25) is 5.78 Å². The fourth-order valence-corrected chi connectivity index (χ4v) is 8.08. The molecule has 188 valence electrons. The third-order valence-electron chi connectivity index (χ3n) is 9.70. The van der Waals surface area contributed by atoms with Crippen LogP contribution in [0.2, 0.25) is 0 Å². The number of aliphatic hydroxyl groups is 2. The van der Waals surface area contributed by atoms with Crippen molar-refractivity contribution < 1.29 is 33.7 Å². The maximum absolute atomic E-state index is 17.3. The number of aliphatic hydroxyl groups excluding tert-OH is 2. The fraction of sp³-hybridized carbons (Fsp3) is 0.741. The number of alkyl halides is 1. The molecule has 3 saturated carbocycles. The number of esters is 1. The van der Waals surface area contributed by atoms with Crippen molar-refractivity contribution in [3.8, 4) is 0 Å². The summed E-state index contributed by atoms with van der Waals surface area (Å²) >= 11 is 0. The SMILES string of the molecule is CCCCC(=O)OC1(C(=O)CO)C(C)CC2(C)C1CC(O)C1(F)C2CCC2=CC(=O)C=CC21C. The minimum Gasteiger partial charge on any atom is -0.450 e. The Morgan fingerprint density at radius 1 is 1.26 bits per heavy atom. The van der Waals surface area contributed by atoms with Crippen LogP contribution in [0.5, 0.6) is 0 Å². The summed E-state index contributed by atoms with van der Waals surface area (Å²) in [6.07, 6.45) is 5.93. The maximum atomic E-state index is 17.3. The molecule has 0 bridgehead atoms. The van der Waals surface area contributed by atoms with Gasteiger partial charge in [-0.1, -0.05) is 38.8 Å². The lowest BCUT2D eigenvalue weighted by molar-refractivity contribution is -0.221. The van der Waals surface area contributed by atoms with Crippen molar-refractivity contribution in [3.63, 3.8) is 0 Å². The van der Waals surface area contributed by atoms with Gasteiger partial charge < -0.3 is 14.9 Å². The molecule has 8 unspecified atom stereocenters. The summed E-state index contributed by atoms with van der Waals surface area (Å²) in [6, 6.07) is 0. The van der Waals surface area contributed by atoms with Crippen LogP contribution in [0.4, 0.5) is 4.39 Å². The number of rotatable bonds is 6. The molecule has 6 nitrogen and oxygen atoms in total. The largest absolute Gasteiger partial charge is 0.450 e. The number of allylic oxidation sites excluding steroid dienone is 4. The Bertz CT molecular complexity index is 957. The minimum atomic E-state index is -2.04. The van der Waals surface area contributed by atoms with Crippen molar-refractivity contribution in [2.75, 3.05) is 6.61 Å². The van der Waals surface area contributed by atoms with Crippen molar-refractivity contribution in [1.29, 1.82) is 0 Å². The van der Waals surface area contributed by atoms with Gasteiger partial charge in [-0.25, -0.2) is 4.39 Å². The molecule has 0 aliphatic heterocycles. The molecule has 4 aliphatic rings. The Balaban J connectivity index is 1.80. The van der Waals surface area contributed by atoms with Crippen LogP contribution in [0.1, 0.15) is 72.6 Å². The quantitative estimate of drug-likeness (QED) is 0.568. The van der Waals surface area contributed by atoms with Gasteiger partial charge in [0.1, 0.15) is 6.61 Å². The molecule has 0 amide bonds. The number of hydrogen-bond acceptors (Lipinski definition) is 6. The average Bonchev–Trinajstić information content (AvgIpc) is 3.00. The molecule has 0 heterocycles. The first kappa shape index (κ1) is 25.2. The van der Waals surface area contributed by atoms with E-state index >= 15 is 4.39 Å². The summed E-state index contributed by atoms with van der Waals surface area (Å²) < 4.78 is 23.3. The van der Waals surface area contributed by atoms with Crippen molar-refractivity contribution >= 4 is 17.5 Å². The molecule has 4 rings (SSSR count). The number of fused-ring (bicyclic) bond motifs is 5. The van der Waals surface area contributed by atoms with E-state index in [2.05, 4.69) is 0 Å². The summed E-state index contributed by atoms with van der Waals surface area (Å²) in [5.41, 5.74) is -4.82. The minimum absolute atomic E-state index is 0.0642. The first-order valence-electron chi connectivity index (χ1n) is 12.6. The summed E-state index contributed by atoms with van der Waals surface area (Å²) in [6.45, 7) is 6.69. The second-order valence-electron chi connectivity index (χ2n) is 11.3. The molecule has 0 radical (unpaired) electrons. The van der Waals surface area contributed by atoms with Gasteiger partial charge in [0.15, 0.2) is 17.1 Å². The van der Waals surface area contributed by atoms with Crippen LogP contribution in [-0.2, 0) is 19.1 Å². The van der Waals surface area contributed by atoms with E-state index in [1.165, 1.54) is 12.2 Å². The first-order chi connectivity index (χ1) is 15.9. The molecule has 0 aromatic carbocycles. The molecular formula is C27H37FO6. The molecule has 0 aromatic heterocycles. The molecule has 8 atom stereocenters. The van der Waals surface area contributed by atoms with Crippen LogP contribution >= 0.6 is 0 Å². The Hall–Kier alpha value is -1.86. The topological polar surface area (TPSA) is 101 Å². The number of ketones is 2. The van der Waals surface area contributed by atoms with Gasteiger partial charge in [0.25, 0.3) is 0 Å². The highest BCUT2D eigenvalue weighted by molar-refractivity contribution is 6.01. The normalized spacial score (nSPS) is 45.1. The standard InChI is InChI=1S/C27H37FO6/c1-5-6-7-23(33)34-26(22(32)15-29)16(2)14-24(3)19-9-8-17-12-18(30)10-11-25(17,4)27(19,28)21(31)13-20(24)26/h10-12,16,19-21,29,31H,5-9,13-15H2,1-4H3. The highest BCUT2D eigenvalue weighted by Crippen LogP contribution is 2.71. The van der Waals surface area contributed by atoms with Crippen LogP contribution < -0.4 is 0 Å². The Morgan fingerprint density at radius 2 is 1.97 bits per heavy atom. The molecule has 34 heavy (non-hydrogen) atoms. The van der Waals surface area contributed by atoms with Crippen LogP contribution in [0.3, 0.4) is 0 Å². The number of carbonyl (C=O) groups excluding carboxylic acids is 3. The summed E-state index contributed by atoms with van der Waals surface area (Å²) in [5.74, 6) is -2.92. The van der Waals surface area contributed by atoms with Crippen molar-refractivity contribution in [2.45, 2.75) is 90.0 Å². The van der Waals surface area contributed by atoms with Gasteiger partial charge in [-0.2, -0.15) is 0 Å². The highest BCUT2D eigenvalue weighted by Gasteiger charge is 2.76. The van der Waals surface area contributed by atoms with E-state index in [9.17, 15) is 24.6 Å². The van der Waals surface area contributed by atoms with Crippen molar-refractivity contribution in [1.82, 2.24) is 0 Å². The first-order valence-corrected chi connectivity index (χ1v) is 12.6. The van der Waals surface area contributed by atoms with Crippen molar-refractivity contribution in [2.24, 2.45) is 28.6 Å². The highest BCUT2D eigenvalue weighted by atomic mass is 19.1. The maximum Gasteiger partial charge on any atom is 0.306 e. The van der Waals surface area contributed by atoms with E-state index < -0.39 is 64.3 Å². The van der Waals surface area contributed by atoms with Gasteiger partial charge in [0, 0.05) is 29.6 Å². The van der Waals surface area contributed by atoms with Gasteiger partial charge >= 0.3 is 5.97 Å². The number of Topliss-reactive ketones (excluding diaryl/α,β-unsaturated/α-hetero) is 1. The number of halogens is 1. The molecule has 2 N–H and O–H groups in total. The summed E-state index contributed by atoms with van der Waals surface area (Å²) in [5, 5.41) is 21.3. The van der Waals surface area contributed by atoms with E-state index in [4.69, 9.17) is 4.74 Å².